The van der Waals surface area contributed by atoms with E-state index in [9.17, 15) is 0 Å². The monoisotopic (exact) mass is 875 g/mol. The molecule has 0 saturated carbocycles. The smallest absolute Gasteiger partial charge is 0.0714 e. The van der Waals surface area contributed by atoms with E-state index in [4.69, 9.17) is 0 Å². The SMILES string of the molecule is CC1(C)c2cc(-c3ccccc3)cc3c2-c2c1cc(-c1ccccc1)cc2C3(c1ccc(-c2cc3ccc4cccc5ccc(c2)c3c45)cc1)c1ccc(-n2c3ccccc3c3ccccc32)cc1. The largest absolute Gasteiger partial charge is 0.309 e. The van der Waals surface area contributed by atoms with Crippen LogP contribution in [0.4, 0.5) is 0 Å². The van der Waals surface area contributed by atoms with E-state index in [1.54, 1.807) is 0 Å². The molecule has 2 aliphatic rings. The molecule has 0 N–H and O–H groups in total. The van der Waals surface area contributed by atoms with E-state index < -0.39 is 5.41 Å². The molecule has 1 heterocycles. The zero-order valence-electron chi connectivity index (χ0n) is 38.5. The fourth-order valence-electron chi connectivity index (χ4n) is 13.0. The summed E-state index contributed by atoms with van der Waals surface area (Å²) in [5.41, 5.74) is 21.0. The Bertz CT molecular complexity index is 4010. The van der Waals surface area contributed by atoms with Gasteiger partial charge in [0.1, 0.15) is 0 Å². The fraction of sp³-hybridized carbons (Fsp3) is 0.0588. The Balaban J connectivity index is 1.00. The van der Waals surface area contributed by atoms with Crippen molar-refractivity contribution in [2.75, 3.05) is 0 Å². The van der Waals surface area contributed by atoms with Crippen LogP contribution in [0.1, 0.15) is 47.2 Å². The maximum Gasteiger partial charge on any atom is 0.0714 e. The summed E-state index contributed by atoms with van der Waals surface area (Å²) in [6, 6.07) is 89.5. The van der Waals surface area contributed by atoms with E-state index in [0.717, 1.165) is 5.69 Å². The summed E-state index contributed by atoms with van der Waals surface area (Å²) >= 11 is 0. The Kier molecular flexibility index (Phi) is 7.83. The molecule has 0 unspecified atom stereocenters. The van der Waals surface area contributed by atoms with Gasteiger partial charge in [-0.1, -0.05) is 190 Å². The van der Waals surface area contributed by atoms with E-state index in [1.165, 1.54) is 132 Å². The molecule has 15 rings (SSSR count). The first kappa shape index (κ1) is 38.6. The molecule has 0 bridgehead atoms. The zero-order valence-corrected chi connectivity index (χ0v) is 38.5. The van der Waals surface area contributed by atoms with Crippen molar-refractivity contribution < 1.29 is 0 Å². The second kappa shape index (κ2) is 14.0. The first-order valence-corrected chi connectivity index (χ1v) is 24.3. The number of rotatable bonds is 6. The molecular formula is C68H45N. The van der Waals surface area contributed by atoms with E-state index in [-0.39, 0.29) is 5.41 Å². The molecule has 1 aromatic heterocycles. The lowest BCUT2D eigenvalue weighted by Gasteiger charge is -2.37. The number of aromatic nitrogens is 1. The molecular weight excluding hydrogens is 831 g/mol. The summed E-state index contributed by atoms with van der Waals surface area (Å²) in [7, 11) is 0. The molecule has 69 heavy (non-hydrogen) atoms. The summed E-state index contributed by atoms with van der Waals surface area (Å²) in [5.74, 6) is 0. The first-order chi connectivity index (χ1) is 33.9. The highest BCUT2D eigenvalue weighted by Crippen LogP contribution is 2.65. The third-order valence-corrected chi connectivity index (χ3v) is 16.1. The van der Waals surface area contributed by atoms with Crippen LogP contribution in [-0.4, -0.2) is 4.57 Å². The Morgan fingerprint density at radius 2 is 0.710 bits per heavy atom. The molecule has 0 saturated heterocycles. The average Bonchev–Trinajstić information content (AvgIpc) is 3.99. The number of fused-ring (bicyclic) bond motifs is 3. The summed E-state index contributed by atoms with van der Waals surface area (Å²) in [4.78, 5) is 0. The van der Waals surface area contributed by atoms with Gasteiger partial charge in [-0.05, 0) is 171 Å². The molecule has 1 heteroatoms. The minimum atomic E-state index is -0.633. The molecule has 2 aliphatic carbocycles. The van der Waals surface area contributed by atoms with Gasteiger partial charge < -0.3 is 4.57 Å². The van der Waals surface area contributed by atoms with Crippen LogP contribution in [0, 0.1) is 0 Å². The fourth-order valence-corrected chi connectivity index (χ4v) is 13.0. The van der Waals surface area contributed by atoms with Crippen LogP contribution in [-0.2, 0) is 10.8 Å². The summed E-state index contributed by atoms with van der Waals surface area (Å²) < 4.78 is 2.44. The van der Waals surface area contributed by atoms with Crippen molar-refractivity contribution >= 4 is 54.1 Å². The van der Waals surface area contributed by atoms with Crippen molar-refractivity contribution in [2.24, 2.45) is 0 Å². The Morgan fingerprint density at radius 3 is 1.23 bits per heavy atom. The van der Waals surface area contributed by atoms with Gasteiger partial charge in [0.05, 0.1) is 16.4 Å². The Hall–Kier alpha value is -8.52. The second-order valence-corrected chi connectivity index (χ2v) is 20.0. The van der Waals surface area contributed by atoms with Gasteiger partial charge in [-0.3, -0.25) is 0 Å². The maximum atomic E-state index is 2.54. The summed E-state index contributed by atoms with van der Waals surface area (Å²) in [5, 5.41) is 10.4. The van der Waals surface area contributed by atoms with Crippen LogP contribution < -0.4 is 0 Å². The van der Waals surface area contributed by atoms with Gasteiger partial charge in [0.15, 0.2) is 0 Å². The summed E-state index contributed by atoms with van der Waals surface area (Å²) in [6.07, 6.45) is 0. The minimum Gasteiger partial charge on any atom is -0.309 e. The molecule has 0 radical (unpaired) electrons. The Morgan fingerprint density at radius 1 is 0.304 bits per heavy atom. The predicted octanol–water partition coefficient (Wildman–Crippen LogP) is 17.7. The van der Waals surface area contributed by atoms with Crippen molar-refractivity contribution in [3.63, 3.8) is 0 Å². The van der Waals surface area contributed by atoms with Crippen molar-refractivity contribution in [3.05, 3.63) is 270 Å². The maximum absolute atomic E-state index is 2.54. The highest BCUT2D eigenvalue weighted by molar-refractivity contribution is 6.23. The predicted molar refractivity (Wildman–Crippen MR) is 290 cm³/mol. The molecule has 12 aromatic carbocycles. The van der Waals surface area contributed by atoms with Gasteiger partial charge in [0.2, 0.25) is 0 Å². The van der Waals surface area contributed by atoms with E-state index >= 15 is 0 Å². The van der Waals surface area contributed by atoms with Gasteiger partial charge in [-0.15, -0.1) is 0 Å². The Labute approximate surface area is 401 Å². The van der Waals surface area contributed by atoms with Crippen LogP contribution in [0.3, 0.4) is 0 Å². The third kappa shape index (κ3) is 5.25. The number of para-hydroxylation sites is 2. The van der Waals surface area contributed by atoms with Crippen molar-refractivity contribution in [2.45, 2.75) is 24.7 Å². The third-order valence-electron chi connectivity index (χ3n) is 16.1. The van der Waals surface area contributed by atoms with Crippen molar-refractivity contribution in [3.8, 4) is 50.2 Å². The standard InChI is InChI=1S/C68H45N/c1-67(2)57-38-50(42-14-5-3-6-15-42)40-59-65(57)66-58(67)39-51(43-16-7-4-8-17-43)41-60(66)68(59,53-32-34-54(35-33-53)69-61-22-11-9-20-55(61)56-21-10-12-23-62(56)69)52-30-28-44(29-31-52)49-36-47-26-24-45-18-13-19-46-25-27-48(37-49)64(47)63(45)46/h3-41H,1-2H3. The average molecular weight is 876 g/mol. The highest BCUT2D eigenvalue weighted by Gasteiger charge is 2.53. The lowest BCUT2D eigenvalue weighted by molar-refractivity contribution is 0.652. The molecule has 0 aliphatic heterocycles. The van der Waals surface area contributed by atoms with Crippen LogP contribution in [0.15, 0.2) is 237 Å². The quantitative estimate of drug-likeness (QED) is 0.147. The molecule has 0 fully saturated rings. The van der Waals surface area contributed by atoms with Gasteiger partial charge in [0, 0.05) is 21.9 Å². The first-order valence-electron chi connectivity index (χ1n) is 24.3. The van der Waals surface area contributed by atoms with Gasteiger partial charge >= 0.3 is 0 Å². The topological polar surface area (TPSA) is 4.93 Å². The second-order valence-electron chi connectivity index (χ2n) is 20.0. The van der Waals surface area contributed by atoms with E-state index in [1.807, 2.05) is 0 Å². The van der Waals surface area contributed by atoms with Crippen LogP contribution in [0.2, 0.25) is 0 Å². The van der Waals surface area contributed by atoms with Crippen LogP contribution >= 0.6 is 0 Å². The normalized spacial score (nSPS) is 14.2. The van der Waals surface area contributed by atoms with Crippen LogP contribution in [0.25, 0.3) is 104 Å². The zero-order chi connectivity index (χ0) is 45.6. The van der Waals surface area contributed by atoms with Crippen LogP contribution in [0.5, 0.6) is 0 Å². The molecule has 13 aromatic rings. The molecule has 0 atom stereocenters. The van der Waals surface area contributed by atoms with E-state index in [2.05, 4.69) is 255 Å². The highest BCUT2D eigenvalue weighted by atomic mass is 15.0. The number of nitrogens with zero attached hydrogens (tertiary/aromatic N) is 1. The lowest BCUT2D eigenvalue weighted by atomic mass is 9.64. The number of hydrogen-bond acceptors (Lipinski definition) is 0. The van der Waals surface area contributed by atoms with E-state index in [0.29, 0.717) is 0 Å². The number of benzene rings is 12. The molecule has 1 nitrogen and oxygen atoms in total. The van der Waals surface area contributed by atoms with Gasteiger partial charge in [0.25, 0.3) is 0 Å². The van der Waals surface area contributed by atoms with Gasteiger partial charge in [-0.25, -0.2) is 0 Å². The van der Waals surface area contributed by atoms with Gasteiger partial charge in [-0.2, -0.15) is 0 Å². The number of hydrogen-bond donors (Lipinski definition) is 0. The minimum absolute atomic E-state index is 0.211. The van der Waals surface area contributed by atoms with Crippen molar-refractivity contribution in [1.82, 2.24) is 4.57 Å². The molecule has 0 spiro atoms. The lowest BCUT2D eigenvalue weighted by Crippen LogP contribution is -2.30. The molecule has 0 amide bonds. The van der Waals surface area contributed by atoms with Crippen molar-refractivity contribution in [1.29, 1.82) is 0 Å². The molecule has 322 valence electrons. The summed E-state index contributed by atoms with van der Waals surface area (Å²) in [6.45, 7) is 4.87.